The standard InChI is InChI=1S/C19H21ClN6/c1-21-19(26(2)12-16-7-3-4-9-17(16)20)22-11-14-6-5-8-15(10-14)18-23-13-24-25-18/h3-10,13H,11-12H2,1-2H3,(H,21,22)(H,23,24,25). The van der Waals surface area contributed by atoms with E-state index in [1.165, 1.54) is 6.33 Å². The molecule has 3 rings (SSSR count). The van der Waals surface area contributed by atoms with Crippen molar-refractivity contribution in [2.45, 2.75) is 13.1 Å². The maximum absolute atomic E-state index is 6.25. The van der Waals surface area contributed by atoms with Crippen LogP contribution in [0.25, 0.3) is 11.4 Å². The molecular formula is C19H21ClN6. The van der Waals surface area contributed by atoms with Crippen LogP contribution in [0.3, 0.4) is 0 Å². The van der Waals surface area contributed by atoms with Gasteiger partial charge in [0, 0.05) is 37.8 Å². The molecule has 0 amide bonds. The van der Waals surface area contributed by atoms with Crippen LogP contribution in [0.1, 0.15) is 11.1 Å². The third-order valence-corrected chi connectivity index (χ3v) is 4.37. The Morgan fingerprint density at radius 1 is 1.23 bits per heavy atom. The summed E-state index contributed by atoms with van der Waals surface area (Å²) in [6.07, 6.45) is 1.51. The van der Waals surface area contributed by atoms with E-state index in [9.17, 15) is 0 Å². The highest BCUT2D eigenvalue weighted by Crippen LogP contribution is 2.17. The first kappa shape index (κ1) is 17.9. The summed E-state index contributed by atoms with van der Waals surface area (Å²) < 4.78 is 0. The summed E-state index contributed by atoms with van der Waals surface area (Å²) in [6, 6.07) is 16.0. The Balaban J connectivity index is 1.64. The van der Waals surface area contributed by atoms with Crippen LogP contribution in [-0.2, 0) is 13.1 Å². The second-order valence-electron chi connectivity index (χ2n) is 5.88. The van der Waals surface area contributed by atoms with Crippen LogP contribution in [0, 0.1) is 0 Å². The average Bonchev–Trinajstić information content (AvgIpc) is 3.19. The van der Waals surface area contributed by atoms with Crippen molar-refractivity contribution >= 4 is 17.6 Å². The lowest BCUT2D eigenvalue weighted by Gasteiger charge is -2.22. The number of rotatable bonds is 5. The Morgan fingerprint density at radius 3 is 2.81 bits per heavy atom. The topological polar surface area (TPSA) is 69.2 Å². The molecule has 0 aliphatic carbocycles. The fraction of sp³-hybridized carbons (Fsp3) is 0.211. The molecule has 0 bridgehead atoms. The van der Waals surface area contributed by atoms with Crippen LogP contribution in [-0.4, -0.2) is 40.1 Å². The van der Waals surface area contributed by atoms with Gasteiger partial charge in [0.1, 0.15) is 6.33 Å². The molecule has 0 spiro atoms. The minimum Gasteiger partial charge on any atom is -0.352 e. The van der Waals surface area contributed by atoms with E-state index in [-0.39, 0.29) is 0 Å². The van der Waals surface area contributed by atoms with Gasteiger partial charge >= 0.3 is 0 Å². The summed E-state index contributed by atoms with van der Waals surface area (Å²) in [5.41, 5.74) is 3.19. The molecule has 1 heterocycles. The van der Waals surface area contributed by atoms with E-state index in [0.29, 0.717) is 13.1 Å². The van der Waals surface area contributed by atoms with E-state index in [4.69, 9.17) is 11.6 Å². The first-order valence-electron chi connectivity index (χ1n) is 8.27. The number of guanidine groups is 1. The second-order valence-corrected chi connectivity index (χ2v) is 6.29. The number of aromatic nitrogens is 3. The molecule has 134 valence electrons. The lowest BCUT2D eigenvalue weighted by molar-refractivity contribution is 0.476. The highest BCUT2D eigenvalue weighted by Gasteiger charge is 2.09. The van der Waals surface area contributed by atoms with Crippen molar-refractivity contribution in [1.82, 2.24) is 25.4 Å². The van der Waals surface area contributed by atoms with Gasteiger partial charge in [-0.15, -0.1) is 0 Å². The van der Waals surface area contributed by atoms with Crippen LogP contribution in [0.5, 0.6) is 0 Å². The number of nitrogens with zero attached hydrogens (tertiary/aromatic N) is 4. The number of benzene rings is 2. The Kier molecular flexibility index (Phi) is 5.86. The van der Waals surface area contributed by atoms with Gasteiger partial charge in [0.25, 0.3) is 0 Å². The maximum Gasteiger partial charge on any atom is 0.193 e. The van der Waals surface area contributed by atoms with Crippen molar-refractivity contribution in [2.75, 3.05) is 14.1 Å². The van der Waals surface area contributed by atoms with Crippen molar-refractivity contribution in [3.8, 4) is 11.4 Å². The van der Waals surface area contributed by atoms with E-state index >= 15 is 0 Å². The molecule has 1 aromatic heterocycles. The average molecular weight is 369 g/mol. The molecule has 2 aromatic carbocycles. The number of aliphatic imine (C=N–C) groups is 1. The van der Waals surface area contributed by atoms with Crippen molar-refractivity contribution in [2.24, 2.45) is 4.99 Å². The molecule has 6 nitrogen and oxygen atoms in total. The molecular weight excluding hydrogens is 348 g/mol. The van der Waals surface area contributed by atoms with E-state index in [1.807, 2.05) is 48.3 Å². The fourth-order valence-corrected chi connectivity index (χ4v) is 2.89. The molecule has 2 N–H and O–H groups in total. The van der Waals surface area contributed by atoms with Gasteiger partial charge in [-0.25, -0.2) is 4.98 Å². The molecule has 0 fully saturated rings. The molecule has 7 heteroatoms. The van der Waals surface area contributed by atoms with Crippen LogP contribution in [0.4, 0.5) is 0 Å². The summed E-state index contributed by atoms with van der Waals surface area (Å²) in [4.78, 5) is 10.6. The monoisotopic (exact) mass is 368 g/mol. The summed E-state index contributed by atoms with van der Waals surface area (Å²) in [5.74, 6) is 1.56. The third kappa shape index (κ3) is 4.40. The van der Waals surface area contributed by atoms with Gasteiger partial charge in [-0.2, -0.15) is 5.10 Å². The summed E-state index contributed by atoms with van der Waals surface area (Å²) in [7, 11) is 3.76. The van der Waals surface area contributed by atoms with E-state index in [0.717, 1.165) is 33.5 Å². The van der Waals surface area contributed by atoms with Gasteiger partial charge in [-0.05, 0) is 23.3 Å². The molecule has 0 saturated heterocycles. The molecule has 0 atom stereocenters. The minimum absolute atomic E-state index is 0.654. The minimum atomic E-state index is 0.654. The zero-order chi connectivity index (χ0) is 18.4. The first-order valence-corrected chi connectivity index (χ1v) is 8.65. The smallest absolute Gasteiger partial charge is 0.193 e. The van der Waals surface area contributed by atoms with Gasteiger partial charge in [0.05, 0.1) is 0 Å². The van der Waals surface area contributed by atoms with Crippen LogP contribution < -0.4 is 5.32 Å². The molecule has 0 saturated carbocycles. The number of hydrogen-bond acceptors (Lipinski definition) is 3. The van der Waals surface area contributed by atoms with Gasteiger partial charge in [0.2, 0.25) is 0 Å². The molecule has 26 heavy (non-hydrogen) atoms. The SMILES string of the molecule is CN=C(NCc1cccc(-c2ncn[nH]2)c1)N(C)Cc1ccccc1Cl. The van der Waals surface area contributed by atoms with Crippen LogP contribution >= 0.6 is 11.6 Å². The molecule has 0 radical (unpaired) electrons. The second kappa shape index (κ2) is 8.49. The van der Waals surface area contributed by atoms with Crippen molar-refractivity contribution < 1.29 is 0 Å². The zero-order valence-electron chi connectivity index (χ0n) is 14.8. The lowest BCUT2D eigenvalue weighted by atomic mass is 10.1. The normalized spacial score (nSPS) is 11.4. The molecule has 0 unspecified atom stereocenters. The highest BCUT2D eigenvalue weighted by molar-refractivity contribution is 6.31. The van der Waals surface area contributed by atoms with Gasteiger partial charge in [0.15, 0.2) is 11.8 Å². The van der Waals surface area contributed by atoms with Crippen LogP contribution in [0.2, 0.25) is 5.02 Å². The van der Waals surface area contributed by atoms with Crippen molar-refractivity contribution in [3.05, 3.63) is 71.0 Å². The fourth-order valence-electron chi connectivity index (χ4n) is 2.70. The number of nitrogens with one attached hydrogen (secondary N) is 2. The summed E-state index contributed by atoms with van der Waals surface area (Å²) in [5, 5.41) is 10.9. The third-order valence-electron chi connectivity index (χ3n) is 4.00. The Hall–Kier alpha value is -2.86. The Labute approximate surface area is 157 Å². The van der Waals surface area contributed by atoms with E-state index < -0.39 is 0 Å². The Morgan fingerprint density at radius 2 is 2.08 bits per heavy atom. The number of aromatic amines is 1. The zero-order valence-corrected chi connectivity index (χ0v) is 15.5. The Bertz CT molecular complexity index is 875. The molecule has 0 aliphatic heterocycles. The number of halogens is 1. The molecule has 0 aliphatic rings. The largest absolute Gasteiger partial charge is 0.352 e. The molecule has 3 aromatic rings. The predicted molar refractivity (Wildman–Crippen MR) is 105 cm³/mol. The summed E-state index contributed by atoms with van der Waals surface area (Å²) >= 11 is 6.25. The van der Waals surface area contributed by atoms with Crippen molar-refractivity contribution in [3.63, 3.8) is 0 Å². The maximum atomic E-state index is 6.25. The number of H-pyrrole nitrogens is 1. The quantitative estimate of drug-likeness (QED) is 0.535. The summed E-state index contributed by atoms with van der Waals surface area (Å²) in [6.45, 7) is 1.33. The van der Waals surface area contributed by atoms with Crippen molar-refractivity contribution in [1.29, 1.82) is 0 Å². The predicted octanol–water partition coefficient (Wildman–Crippen LogP) is 3.33. The van der Waals surface area contributed by atoms with E-state index in [1.54, 1.807) is 7.05 Å². The van der Waals surface area contributed by atoms with Gasteiger partial charge in [-0.1, -0.05) is 48.0 Å². The van der Waals surface area contributed by atoms with Gasteiger partial charge < -0.3 is 10.2 Å². The lowest BCUT2D eigenvalue weighted by Crippen LogP contribution is -2.38. The van der Waals surface area contributed by atoms with E-state index in [2.05, 4.69) is 37.6 Å². The van der Waals surface area contributed by atoms with Gasteiger partial charge in [-0.3, -0.25) is 10.1 Å². The number of hydrogen-bond donors (Lipinski definition) is 2. The highest BCUT2D eigenvalue weighted by atomic mass is 35.5. The first-order chi connectivity index (χ1) is 12.7. The van der Waals surface area contributed by atoms with Crippen LogP contribution in [0.15, 0.2) is 59.9 Å².